The van der Waals surface area contributed by atoms with E-state index in [1.807, 2.05) is 0 Å². The summed E-state index contributed by atoms with van der Waals surface area (Å²) >= 11 is 0. The van der Waals surface area contributed by atoms with E-state index < -0.39 is 0 Å². The van der Waals surface area contributed by atoms with E-state index in [0.717, 1.165) is 42.1 Å². The maximum absolute atomic E-state index is 5.02. The van der Waals surface area contributed by atoms with Crippen molar-refractivity contribution in [2.45, 2.75) is 39.2 Å². The van der Waals surface area contributed by atoms with Crippen LogP contribution in [0.2, 0.25) is 0 Å². The molecule has 0 unspecified atom stereocenters. The van der Waals surface area contributed by atoms with Gasteiger partial charge >= 0.3 is 0 Å². The average Bonchev–Trinajstić information content (AvgIpc) is 3.08. The Morgan fingerprint density at radius 1 is 0.964 bits per heavy atom. The SMILES string of the molecule is Cc1cn2ccccc2c1-c1nc2c(c(NCc3ccccc3)n1)CCCC2. The number of aromatic nitrogens is 3. The molecule has 4 heteroatoms. The highest BCUT2D eigenvalue weighted by Crippen LogP contribution is 2.32. The number of aryl methyl sites for hydroxylation is 2. The number of benzene rings is 1. The van der Waals surface area contributed by atoms with Gasteiger partial charge < -0.3 is 9.72 Å². The highest BCUT2D eigenvalue weighted by atomic mass is 15.0. The molecule has 0 aliphatic heterocycles. The van der Waals surface area contributed by atoms with Gasteiger partial charge in [0, 0.05) is 35.8 Å². The first-order valence-corrected chi connectivity index (χ1v) is 10.0. The Hall–Kier alpha value is -3.14. The molecule has 0 saturated heterocycles. The summed E-state index contributed by atoms with van der Waals surface area (Å²) in [7, 11) is 0. The van der Waals surface area contributed by atoms with Crippen LogP contribution in [-0.2, 0) is 19.4 Å². The van der Waals surface area contributed by atoms with Crippen molar-refractivity contribution in [2.75, 3.05) is 5.32 Å². The van der Waals surface area contributed by atoms with E-state index in [0.29, 0.717) is 0 Å². The molecule has 0 fully saturated rings. The maximum atomic E-state index is 5.02. The molecule has 28 heavy (non-hydrogen) atoms. The second-order valence-electron chi connectivity index (χ2n) is 7.55. The van der Waals surface area contributed by atoms with Gasteiger partial charge in [-0.3, -0.25) is 0 Å². The Kier molecular flexibility index (Phi) is 4.32. The van der Waals surface area contributed by atoms with Gasteiger partial charge in [0.15, 0.2) is 5.82 Å². The molecular weight excluding hydrogens is 344 g/mol. The van der Waals surface area contributed by atoms with E-state index in [9.17, 15) is 0 Å². The van der Waals surface area contributed by atoms with Crippen LogP contribution in [-0.4, -0.2) is 14.4 Å². The standard InChI is InChI=1S/C24H24N4/c1-17-16-28-14-8-7-13-21(28)22(17)24-26-20-12-6-5-11-19(20)23(27-24)25-15-18-9-3-2-4-10-18/h2-4,7-10,13-14,16H,5-6,11-12,15H2,1H3,(H,25,26,27). The first kappa shape index (κ1) is 17.0. The van der Waals surface area contributed by atoms with Gasteiger partial charge in [-0.25, -0.2) is 9.97 Å². The largest absolute Gasteiger partial charge is 0.366 e. The molecule has 0 bridgehead atoms. The molecule has 4 nitrogen and oxygen atoms in total. The quantitative estimate of drug-likeness (QED) is 0.539. The number of nitrogens with one attached hydrogen (secondary N) is 1. The van der Waals surface area contributed by atoms with Gasteiger partial charge in [-0.15, -0.1) is 0 Å². The highest BCUT2D eigenvalue weighted by Gasteiger charge is 2.20. The van der Waals surface area contributed by atoms with Crippen LogP contribution in [0.4, 0.5) is 5.82 Å². The van der Waals surface area contributed by atoms with Gasteiger partial charge in [0.05, 0.1) is 5.52 Å². The molecule has 0 amide bonds. The van der Waals surface area contributed by atoms with E-state index in [2.05, 4.69) is 77.6 Å². The van der Waals surface area contributed by atoms with Gasteiger partial charge in [-0.1, -0.05) is 36.4 Å². The summed E-state index contributed by atoms with van der Waals surface area (Å²) in [4.78, 5) is 10.0. The van der Waals surface area contributed by atoms with Crippen molar-refractivity contribution >= 4 is 11.3 Å². The summed E-state index contributed by atoms with van der Waals surface area (Å²) in [5.74, 6) is 1.83. The maximum Gasteiger partial charge on any atom is 0.164 e. The molecule has 0 spiro atoms. The Morgan fingerprint density at radius 2 is 1.79 bits per heavy atom. The fraction of sp³-hybridized carbons (Fsp3) is 0.250. The number of fused-ring (bicyclic) bond motifs is 2. The summed E-state index contributed by atoms with van der Waals surface area (Å²) < 4.78 is 2.16. The van der Waals surface area contributed by atoms with E-state index >= 15 is 0 Å². The molecule has 3 heterocycles. The van der Waals surface area contributed by atoms with Crippen molar-refractivity contribution in [1.82, 2.24) is 14.4 Å². The number of nitrogens with zero attached hydrogens (tertiary/aromatic N) is 3. The van der Waals surface area contributed by atoms with Gasteiger partial charge in [0.25, 0.3) is 0 Å². The van der Waals surface area contributed by atoms with Crippen molar-refractivity contribution in [2.24, 2.45) is 0 Å². The van der Waals surface area contributed by atoms with Crippen LogP contribution in [0.3, 0.4) is 0 Å². The third-order valence-corrected chi connectivity index (χ3v) is 5.58. The Balaban J connectivity index is 1.60. The summed E-state index contributed by atoms with van der Waals surface area (Å²) in [6, 6.07) is 16.8. The van der Waals surface area contributed by atoms with Crippen molar-refractivity contribution in [3.8, 4) is 11.4 Å². The molecule has 4 aromatic rings. The Bertz CT molecular complexity index is 1130. The average molecular weight is 368 g/mol. The fourth-order valence-electron chi connectivity index (χ4n) is 4.18. The van der Waals surface area contributed by atoms with Crippen LogP contribution in [0.15, 0.2) is 60.9 Å². The van der Waals surface area contributed by atoms with Gasteiger partial charge in [-0.05, 0) is 55.9 Å². The predicted molar refractivity (Wildman–Crippen MR) is 114 cm³/mol. The first-order valence-electron chi connectivity index (χ1n) is 10.0. The minimum absolute atomic E-state index is 0.777. The fourth-order valence-corrected chi connectivity index (χ4v) is 4.18. The lowest BCUT2D eigenvalue weighted by Crippen LogP contribution is -2.13. The first-order chi connectivity index (χ1) is 13.8. The minimum atomic E-state index is 0.777. The molecule has 5 rings (SSSR count). The summed E-state index contributed by atoms with van der Waals surface area (Å²) in [6.07, 6.45) is 8.75. The Labute approximate surface area is 165 Å². The monoisotopic (exact) mass is 368 g/mol. The van der Waals surface area contributed by atoms with Crippen LogP contribution in [0.5, 0.6) is 0 Å². The lowest BCUT2D eigenvalue weighted by molar-refractivity contribution is 0.664. The van der Waals surface area contributed by atoms with Crippen LogP contribution in [0, 0.1) is 6.92 Å². The van der Waals surface area contributed by atoms with E-state index in [4.69, 9.17) is 9.97 Å². The van der Waals surface area contributed by atoms with Crippen LogP contribution >= 0.6 is 0 Å². The lowest BCUT2D eigenvalue weighted by atomic mass is 9.96. The molecule has 140 valence electrons. The van der Waals surface area contributed by atoms with Crippen molar-refractivity contribution in [3.63, 3.8) is 0 Å². The van der Waals surface area contributed by atoms with Crippen molar-refractivity contribution < 1.29 is 0 Å². The second-order valence-corrected chi connectivity index (χ2v) is 7.55. The number of hydrogen-bond donors (Lipinski definition) is 1. The van der Waals surface area contributed by atoms with E-state index in [1.54, 1.807) is 0 Å². The van der Waals surface area contributed by atoms with Crippen LogP contribution in [0.1, 0.15) is 35.2 Å². The second kappa shape index (κ2) is 7.12. The number of pyridine rings is 1. The number of hydrogen-bond acceptors (Lipinski definition) is 3. The van der Waals surface area contributed by atoms with E-state index in [1.165, 1.54) is 35.2 Å². The van der Waals surface area contributed by atoms with E-state index in [-0.39, 0.29) is 0 Å². The zero-order valence-corrected chi connectivity index (χ0v) is 16.2. The molecule has 0 atom stereocenters. The predicted octanol–water partition coefficient (Wildman–Crippen LogP) is 5.20. The number of anilines is 1. The third-order valence-electron chi connectivity index (χ3n) is 5.58. The lowest BCUT2D eigenvalue weighted by Gasteiger charge is -2.20. The van der Waals surface area contributed by atoms with Gasteiger partial charge in [0.2, 0.25) is 0 Å². The third kappa shape index (κ3) is 3.05. The van der Waals surface area contributed by atoms with Crippen molar-refractivity contribution in [1.29, 1.82) is 0 Å². The zero-order chi connectivity index (χ0) is 18.9. The summed E-state index contributed by atoms with van der Waals surface area (Å²) in [5.41, 5.74) is 7.27. The van der Waals surface area contributed by atoms with Crippen LogP contribution in [0.25, 0.3) is 16.9 Å². The van der Waals surface area contributed by atoms with Gasteiger partial charge in [0.1, 0.15) is 5.82 Å². The molecule has 1 aliphatic rings. The number of rotatable bonds is 4. The zero-order valence-electron chi connectivity index (χ0n) is 16.2. The minimum Gasteiger partial charge on any atom is -0.366 e. The summed E-state index contributed by atoms with van der Waals surface area (Å²) in [6.45, 7) is 2.92. The molecule has 3 aromatic heterocycles. The normalized spacial score (nSPS) is 13.5. The molecule has 1 aromatic carbocycles. The topological polar surface area (TPSA) is 42.2 Å². The molecular formula is C24H24N4. The molecule has 0 saturated carbocycles. The Morgan fingerprint density at radius 3 is 2.68 bits per heavy atom. The van der Waals surface area contributed by atoms with Crippen molar-refractivity contribution in [3.05, 3.63) is 83.3 Å². The molecule has 1 N–H and O–H groups in total. The van der Waals surface area contributed by atoms with Crippen LogP contribution < -0.4 is 5.32 Å². The molecule has 1 aliphatic carbocycles. The molecule has 0 radical (unpaired) electrons. The summed E-state index contributed by atoms with van der Waals surface area (Å²) in [5, 5.41) is 3.60. The highest BCUT2D eigenvalue weighted by molar-refractivity contribution is 5.81. The smallest absolute Gasteiger partial charge is 0.164 e. The van der Waals surface area contributed by atoms with Gasteiger partial charge in [-0.2, -0.15) is 0 Å².